The summed E-state index contributed by atoms with van der Waals surface area (Å²) < 4.78 is 5.57. The van der Waals surface area contributed by atoms with Crippen molar-refractivity contribution < 1.29 is 9.53 Å². The summed E-state index contributed by atoms with van der Waals surface area (Å²) in [5, 5.41) is 0. The fraction of sp³-hybridized carbons (Fsp3) is 0.538. The van der Waals surface area contributed by atoms with Crippen LogP contribution in [0.25, 0.3) is 0 Å². The van der Waals surface area contributed by atoms with Gasteiger partial charge < -0.3 is 14.6 Å². The molecule has 1 aromatic rings. The number of carbonyl (C=O) groups excluding carboxylic acids is 1. The Hall–Kier alpha value is -1.62. The van der Waals surface area contributed by atoms with Gasteiger partial charge in [-0.25, -0.2) is 0 Å². The maximum absolute atomic E-state index is 12.3. The molecule has 1 aliphatic heterocycles. The van der Waals surface area contributed by atoms with Crippen LogP contribution < -0.4 is 5.43 Å². The number of hydrogen-bond acceptors (Lipinski definition) is 3. The zero-order valence-corrected chi connectivity index (χ0v) is 10.9. The van der Waals surface area contributed by atoms with Gasteiger partial charge in [-0.2, -0.15) is 0 Å². The molecule has 0 aliphatic carbocycles. The van der Waals surface area contributed by atoms with E-state index in [-0.39, 0.29) is 29.1 Å². The standard InChI is InChI=1S/C13H18N2O3/c1-8-4-12(16)11(5-14-8)13(17)15-6-9(2)18-10(3)7-15/h4-5,9-10H,6-7H2,1-3H3,(H,14,16)/t9-,10+. The molecule has 0 spiro atoms. The number of pyridine rings is 1. The highest BCUT2D eigenvalue weighted by atomic mass is 16.5. The van der Waals surface area contributed by atoms with E-state index in [4.69, 9.17) is 4.74 Å². The maximum atomic E-state index is 12.3. The molecule has 0 aromatic carbocycles. The molecule has 1 N–H and O–H groups in total. The molecule has 1 aliphatic rings. The monoisotopic (exact) mass is 250 g/mol. The third-order valence-electron chi connectivity index (χ3n) is 2.99. The molecular weight excluding hydrogens is 232 g/mol. The van der Waals surface area contributed by atoms with E-state index in [1.165, 1.54) is 12.3 Å². The van der Waals surface area contributed by atoms with E-state index in [0.717, 1.165) is 5.69 Å². The van der Waals surface area contributed by atoms with E-state index in [0.29, 0.717) is 13.1 Å². The zero-order chi connectivity index (χ0) is 13.3. The molecule has 98 valence electrons. The van der Waals surface area contributed by atoms with Gasteiger partial charge in [-0.05, 0) is 20.8 Å². The fourth-order valence-electron chi connectivity index (χ4n) is 2.25. The minimum atomic E-state index is -0.233. The van der Waals surface area contributed by atoms with Crippen molar-refractivity contribution in [3.63, 3.8) is 0 Å². The first-order chi connectivity index (χ1) is 8.47. The molecule has 0 bridgehead atoms. The van der Waals surface area contributed by atoms with Gasteiger partial charge in [-0.15, -0.1) is 0 Å². The number of rotatable bonds is 1. The summed E-state index contributed by atoms with van der Waals surface area (Å²) in [5.41, 5.74) is 0.713. The molecule has 0 radical (unpaired) electrons. The maximum Gasteiger partial charge on any atom is 0.259 e. The summed E-state index contributed by atoms with van der Waals surface area (Å²) in [6.07, 6.45) is 1.49. The number of aromatic nitrogens is 1. The number of nitrogens with one attached hydrogen (secondary N) is 1. The van der Waals surface area contributed by atoms with Crippen molar-refractivity contribution in [2.24, 2.45) is 0 Å². The summed E-state index contributed by atoms with van der Waals surface area (Å²) in [6, 6.07) is 1.44. The lowest BCUT2D eigenvalue weighted by atomic mass is 10.1. The van der Waals surface area contributed by atoms with E-state index in [1.807, 2.05) is 13.8 Å². The van der Waals surface area contributed by atoms with Gasteiger partial charge in [0.1, 0.15) is 5.56 Å². The summed E-state index contributed by atoms with van der Waals surface area (Å²) in [7, 11) is 0. The largest absolute Gasteiger partial charge is 0.372 e. The molecule has 0 unspecified atom stereocenters. The van der Waals surface area contributed by atoms with Crippen molar-refractivity contribution in [1.82, 2.24) is 9.88 Å². The van der Waals surface area contributed by atoms with Crippen molar-refractivity contribution in [3.05, 3.63) is 33.7 Å². The van der Waals surface area contributed by atoms with Crippen LogP contribution in [-0.4, -0.2) is 41.1 Å². The summed E-state index contributed by atoms with van der Waals surface area (Å²) in [4.78, 5) is 28.6. The molecule has 18 heavy (non-hydrogen) atoms. The fourth-order valence-corrected chi connectivity index (χ4v) is 2.25. The highest BCUT2D eigenvalue weighted by Crippen LogP contribution is 2.12. The Balaban J connectivity index is 2.23. The number of nitrogens with zero attached hydrogens (tertiary/aromatic N) is 1. The number of H-pyrrole nitrogens is 1. The summed E-state index contributed by atoms with van der Waals surface area (Å²) in [5.74, 6) is -0.224. The number of amides is 1. The Kier molecular flexibility index (Phi) is 3.52. The molecule has 1 fully saturated rings. The number of ether oxygens (including phenoxy) is 1. The van der Waals surface area contributed by atoms with E-state index in [2.05, 4.69) is 4.98 Å². The van der Waals surface area contributed by atoms with Gasteiger partial charge in [0, 0.05) is 31.0 Å². The molecule has 1 amide bonds. The Labute approximate surface area is 106 Å². The van der Waals surface area contributed by atoms with Crippen LogP contribution in [0.1, 0.15) is 29.9 Å². The van der Waals surface area contributed by atoms with Crippen molar-refractivity contribution >= 4 is 5.91 Å². The van der Waals surface area contributed by atoms with Crippen LogP contribution in [-0.2, 0) is 4.74 Å². The lowest BCUT2D eigenvalue weighted by Gasteiger charge is -2.35. The number of morpholine rings is 1. The first-order valence-corrected chi connectivity index (χ1v) is 6.11. The van der Waals surface area contributed by atoms with Gasteiger partial charge in [-0.3, -0.25) is 9.59 Å². The van der Waals surface area contributed by atoms with Crippen LogP contribution >= 0.6 is 0 Å². The van der Waals surface area contributed by atoms with Crippen molar-refractivity contribution in [2.75, 3.05) is 13.1 Å². The van der Waals surface area contributed by atoms with E-state index in [1.54, 1.807) is 11.8 Å². The van der Waals surface area contributed by atoms with Crippen LogP contribution in [0.15, 0.2) is 17.1 Å². The molecule has 2 atom stereocenters. The van der Waals surface area contributed by atoms with Crippen LogP contribution in [0, 0.1) is 6.92 Å². The van der Waals surface area contributed by atoms with Crippen molar-refractivity contribution in [2.45, 2.75) is 33.0 Å². The Bertz CT molecular complexity index is 499. The zero-order valence-electron chi connectivity index (χ0n) is 10.9. The average molecular weight is 250 g/mol. The molecule has 2 heterocycles. The predicted octanol–water partition coefficient (Wildman–Crippen LogP) is 0.933. The Morgan fingerprint density at radius 3 is 2.56 bits per heavy atom. The van der Waals surface area contributed by atoms with E-state index < -0.39 is 0 Å². The SMILES string of the molecule is Cc1cc(=O)c(C(=O)N2C[C@@H](C)O[C@@H](C)C2)c[nH]1. The van der Waals surface area contributed by atoms with Gasteiger partial charge in [0.2, 0.25) is 0 Å². The molecular formula is C13H18N2O3. The summed E-state index contributed by atoms with van der Waals surface area (Å²) >= 11 is 0. The van der Waals surface area contributed by atoms with Gasteiger partial charge in [-0.1, -0.05) is 0 Å². The lowest BCUT2D eigenvalue weighted by molar-refractivity contribution is -0.0586. The molecule has 1 aromatic heterocycles. The van der Waals surface area contributed by atoms with Gasteiger partial charge >= 0.3 is 0 Å². The Morgan fingerprint density at radius 1 is 1.39 bits per heavy atom. The number of aromatic amines is 1. The van der Waals surface area contributed by atoms with Crippen molar-refractivity contribution in [1.29, 1.82) is 0 Å². The predicted molar refractivity (Wildman–Crippen MR) is 67.7 cm³/mol. The molecule has 5 heteroatoms. The summed E-state index contributed by atoms with van der Waals surface area (Å²) in [6.45, 7) is 6.69. The molecule has 5 nitrogen and oxygen atoms in total. The molecule has 2 rings (SSSR count). The smallest absolute Gasteiger partial charge is 0.259 e. The normalized spacial score (nSPS) is 24.1. The second-order valence-electron chi connectivity index (χ2n) is 4.86. The minimum absolute atomic E-state index is 0.00206. The van der Waals surface area contributed by atoms with Gasteiger partial charge in [0.15, 0.2) is 5.43 Å². The third kappa shape index (κ3) is 2.61. The van der Waals surface area contributed by atoms with Crippen LogP contribution in [0.4, 0.5) is 0 Å². The van der Waals surface area contributed by atoms with E-state index >= 15 is 0 Å². The topological polar surface area (TPSA) is 62.4 Å². The average Bonchev–Trinajstić information content (AvgIpc) is 2.26. The second kappa shape index (κ2) is 4.94. The number of hydrogen-bond donors (Lipinski definition) is 1. The van der Waals surface area contributed by atoms with Crippen LogP contribution in [0.5, 0.6) is 0 Å². The second-order valence-corrected chi connectivity index (χ2v) is 4.86. The first-order valence-electron chi connectivity index (χ1n) is 6.11. The Morgan fingerprint density at radius 2 is 2.00 bits per heavy atom. The molecule has 0 saturated carbocycles. The van der Waals surface area contributed by atoms with Gasteiger partial charge in [0.25, 0.3) is 5.91 Å². The minimum Gasteiger partial charge on any atom is -0.372 e. The highest BCUT2D eigenvalue weighted by molar-refractivity contribution is 5.93. The van der Waals surface area contributed by atoms with E-state index in [9.17, 15) is 9.59 Å². The first kappa shape index (κ1) is 12.8. The van der Waals surface area contributed by atoms with Crippen molar-refractivity contribution in [3.8, 4) is 0 Å². The highest BCUT2D eigenvalue weighted by Gasteiger charge is 2.27. The molecule has 1 saturated heterocycles. The number of aryl methyl sites for hydroxylation is 1. The van der Waals surface area contributed by atoms with Gasteiger partial charge in [0.05, 0.1) is 12.2 Å². The quantitative estimate of drug-likeness (QED) is 0.806. The number of carbonyl (C=O) groups is 1. The van der Waals surface area contributed by atoms with Crippen LogP contribution in [0.3, 0.4) is 0 Å². The van der Waals surface area contributed by atoms with Crippen LogP contribution in [0.2, 0.25) is 0 Å². The third-order valence-corrected chi connectivity index (χ3v) is 2.99. The lowest BCUT2D eigenvalue weighted by Crippen LogP contribution is -2.49.